The largest absolute Gasteiger partial charge is 0.472 e. The molecule has 0 spiro atoms. The summed E-state index contributed by atoms with van der Waals surface area (Å²) in [4.78, 5) is 0. The summed E-state index contributed by atoms with van der Waals surface area (Å²) in [6, 6.07) is 0. The molecule has 1 fully saturated rings. The fraction of sp³-hybridized carbons (Fsp3) is 0.667. The van der Waals surface area contributed by atoms with E-state index in [0.717, 1.165) is 12.5 Å². The third-order valence-electron chi connectivity index (χ3n) is 3.48. The Morgan fingerprint density at radius 2 is 1.85 bits per heavy atom. The fourth-order valence-electron chi connectivity index (χ4n) is 2.27. The number of aliphatic hydroxyl groups excluding tert-OH is 5. The summed E-state index contributed by atoms with van der Waals surface area (Å²) < 4.78 is 22.7. The van der Waals surface area contributed by atoms with Gasteiger partial charge < -0.3 is 34.7 Å². The van der Waals surface area contributed by atoms with Gasteiger partial charge in [0.1, 0.15) is 43.3 Å². The van der Waals surface area contributed by atoms with Crippen LogP contribution in [0.4, 0.5) is 4.39 Å². The average molecular weight is 292 g/mol. The van der Waals surface area contributed by atoms with Crippen molar-refractivity contribution in [2.24, 2.45) is 0 Å². The molecular formula is C12H17FO7. The van der Waals surface area contributed by atoms with E-state index in [4.69, 9.17) is 14.3 Å². The van der Waals surface area contributed by atoms with E-state index in [1.807, 2.05) is 0 Å². The third kappa shape index (κ3) is 2.58. The molecule has 1 aliphatic rings. The Morgan fingerprint density at radius 1 is 1.15 bits per heavy atom. The molecule has 1 aliphatic heterocycles. The average Bonchev–Trinajstić information content (AvgIpc) is 2.93. The van der Waals surface area contributed by atoms with E-state index in [0.29, 0.717) is 0 Å². The van der Waals surface area contributed by atoms with Gasteiger partial charge in [-0.3, -0.25) is 0 Å². The molecule has 0 amide bonds. The summed E-state index contributed by atoms with van der Waals surface area (Å²) in [7, 11) is 0. The van der Waals surface area contributed by atoms with Gasteiger partial charge in [0.25, 0.3) is 0 Å². The second kappa shape index (κ2) is 6.17. The lowest BCUT2D eigenvalue weighted by molar-refractivity contribution is -0.250. The monoisotopic (exact) mass is 292 g/mol. The van der Waals surface area contributed by atoms with Crippen LogP contribution in [0.3, 0.4) is 0 Å². The van der Waals surface area contributed by atoms with Crippen LogP contribution in [0.5, 0.6) is 0 Å². The molecule has 6 atom stereocenters. The minimum Gasteiger partial charge on any atom is -0.472 e. The summed E-state index contributed by atoms with van der Waals surface area (Å²) >= 11 is 0. The number of alkyl halides is 1. The van der Waals surface area contributed by atoms with E-state index in [-0.39, 0.29) is 11.1 Å². The predicted octanol–water partition coefficient (Wildman–Crippen LogP) is -1.38. The van der Waals surface area contributed by atoms with Crippen molar-refractivity contribution in [2.75, 3.05) is 6.61 Å². The molecule has 0 aliphatic carbocycles. The number of rotatable bonds is 4. The van der Waals surface area contributed by atoms with Gasteiger partial charge in [-0.05, 0) is 0 Å². The van der Waals surface area contributed by atoms with Crippen LogP contribution >= 0.6 is 0 Å². The molecule has 2 heterocycles. The van der Waals surface area contributed by atoms with Crippen molar-refractivity contribution in [2.45, 2.75) is 43.3 Å². The normalized spacial score (nSPS) is 36.0. The van der Waals surface area contributed by atoms with E-state index >= 15 is 0 Å². The maximum atomic E-state index is 12.7. The van der Waals surface area contributed by atoms with E-state index in [1.165, 1.54) is 0 Å². The van der Waals surface area contributed by atoms with Gasteiger partial charge in [-0.2, -0.15) is 0 Å². The highest BCUT2D eigenvalue weighted by Crippen LogP contribution is 2.32. The minimum atomic E-state index is -1.60. The van der Waals surface area contributed by atoms with Crippen LogP contribution in [0.15, 0.2) is 16.9 Å². The van der Waals surface area contributed by atoms with E-state index in [2.05, 4.69) is 0 Å². The second-order valence-electron chi connectivity index (χ2n) is 4.72. The summed E-state index contributed by atoms with van der Waals surface area (Å²) in [5, 5.41) is 48.3. The van der Waals surface area contributed by atoms with Crippen LogP contribution in [-0.4, -0.2) is 62.7 Å². The van der Waals surface area contributed by atoms with Crippen LogP contribution in [0.2, 0.25) is 0 Å². The van der Waals surface area contributed by atoms with Crippen molar-refractivity contribution in [3.8, 4) is 0 Å². The molecule has 114 valence electrons. The lowest BCUT2D eigenvalue weighted by Crippen LogP contribution is -2.59. The van der Waals surface area contributed by atoms with Gasteiger partial charge in [0.05, 0.1) is 19.1 Å². The van der Waals surface area contributed by atoms with Gasteiger partial charge in [0.2, 0.25) is 0 Å². The van der Waals surface area contributed by atoms with Crippen LogP contribution < -0.4 is 0 Å². The van der Waals surface area contributed by atoms with Crippen molar-refractivity contribution in [3.05, 3.63) is 23.7 Å². The molecule has 1 aromatic heterocycles. The summed E-state index contributed by atoms with van der Waals surface area (Å²) in [5.74, 6) is 0. The Bertz CT molecular complexity index is 435. The number of ether oxygens (including phenoxy) is 1. The van der Waals surface area contributed by atoms with Crippen molar-refractivity contribution >= 4 is 0 Å². The van der Waals surface area contributed by atoms with Crippen molar-refractivity contribution in [3.63, 3.8) is 0 Å². The van der Waals surface area contributed by atoms with Gasteiger partial charge in [0.15, 0.2) is 0 Å². The van der Waals surface area contributed by atoms with E-state index in [9.17, 15) is 24.8 Å². The standard InChI is InChI=1S/C12H17FO7/c13-1-5-3-19-4-6(5)8(15)12-11(18)10(17)9(16)7(2-14)20-12/h3-4,7-12,14-18H,1-2H2/t7-,8?,9+,10+,11-,12+/m1/s1. The highest BCUT2D eigenvalue weighted by Gasteiger charge is 2.46. The quantitative estimate of drug-likeness (QED) is 0.463. The lowest BCUT2D eigenvalue weighted by atomic mass is 9.90. The second-order valence-corrected chi connectivity index (χ2v) is 4.72. The zero-order valence-electron chi connectivity index (χ0n) is 10.5. The highest BCUT2D eigenvalue weighted by atomic mass is 19.1. The Kier molecular flexibility index (Phi) is 4.74. The molecule has 5 N–H and O–H groups in total. The number of hydrogen-bond acceptors (Lipinski definition) is 7. The SMILES string of the molecule is OC[C@H]1O[C@@H](C(O)c2cocc2CF)[C@H](O)[C@@H](O)[C@H]1O. The molecule has 0 bridgehead atoms. The molecule has 7 nitrogen and oxygen atoms in total. The Labute approximate surface area is 113 Å². The fourth-order valence-corrected chi connectivity index (χ4v) is 2.27. The van der Waals surface area contributed by atoms with Gasteiger partial charge in [-0.1, -0.05) is 0 Å². The first kappa shape index (κ1) is 15.4. The zero-order valence-corrected chi connectivity index (χ0v) is 10.5. The number of aliphatic hydroxyl groups is 5. The topological polar surface area (TPSA) is 124 Å². The summed E-state index contributed by atoms with van der Waals surface area (Å²) in [6.45, 7) is -1.48. The molecule has 2 rings (SSSR count). The van der Waals surface area contributed by atoms with E-state index < -0.39 is 49.9 Å². The van der Waals surface area contributed by atoms with Crippen LogP contribution in [0, 0.1) is 0 Å². The minimum absolute atomic E-state index is 0.0804. The zero-order chi connectivity index (χ0) is 14.9. The van der Waals surface area contributed by atoms with Gasteiger partial charge in [0, 0.05) is 11.1 Å². The molecule has 0 saturated carbocycles. The summed E-state index contributed by atoms with van der Waals surface area (Å²) in [6.07, 6.45) is -6.40. The summed E-state index contributed by atoms with van der Waals surface area (Å²) in [5.41, 5.74) is 0.172. The van der Waals surface area contributed by atoms with Crippen LogP contribution in [0.25, 0.3) is 0 Å². The first-order valence-corrected chi connectivity index (χ1v) is 6.10. The molecule has 0 aromatic carbocycles. The number of hydrogen-bond donors (Lipinski definition) is 5. The van der Waals surface area contributed by atoms with Gasteiger partial charge >= 0.3 is 0 Å². The molecule has 8 heteroatoms. The first-order chi connectivity index (χ1) is 9.51. The maximum Gasteiger partial charge on any atom is 0.118 e. The molecule has 1 unspecified atom stereocenters. The van der Waals surface area contributed by atoms with Gasteiger partial charge in [-0.15, -0.1) is 0 Å². The third-order valence-corrected chi connectivity index (χ3v) is 3.48. The lowest BCUT2D eigenvalue weighted by Gasteiger charge is -2.41. The smallest absolute Gasteiger partial charge is 0.118 e. The Morgan fingerprint density at radius 3 is 2.45 bits per heavy atom. The maximum absolute atomic E-state index is 12.7. The molecule has 0 radical (unpaired) electrons. The number of halogens is 1. The van der Waals surface area contributed by atoms with Crippen LogP contribution in [-0.2, 0) is 11.4 Å². The van der Waals surface area contributed by atoms with Crippen molar-refractivity contribution < 1.29 is 39.1 Å². The Balaban J connectivity index is 2.22. The molecule has 20 heavy (non-hydrogen) atoms. The van der Waals surface area contributed by atoms with E-state index in [1.54, 1.807) is 0 Å². The highest BCUT2D eigenvalue weighted by molar-refractivity contribution is 5.24. The van der Waals surface area contributed by atoms with Crippen LogP contribution in [0.1, 0.15) is 17.2 Å². The van der Waals surface area contributed by atoms with Crippen molar-refractivity contribution in [1.29, 1.82) is 0 Å². The Hall–Kier alpha value is -1.03. The van der Waals surface area contributed by atoms with Crippen molar-refractivity contribution in [1.82, 2.24) is 0 Å². The van der Waals surface area contributed by atoms with Gasteiger partial charge in [-0.25, -0.2) is 4.39 Å². The predicted molar refractivity (Wildman–Crippen MR) is 62.2 cm³/mol. The first-order valence-electron chi connectivity index (χ1n) is 6.10. The number of furan rings is 1. The molecule has 1 aromatic rings. The molecule has 1 saturated heterocycles. The molecular weight excluding hydrogens is 275 g/mol.